The first-order valence-electron chi connectivity index (χ1n) is 23.5. The Hall–Kier alpha value is 2.22. The molecule has 66 heavy (non-hydrogen) atoms. The summed E-state index contributed by atoms with van der Waals surface area (Å²) in [7, 11) is 0. The fraction of sp³-hybridized carbons (Fsp3) is 0.480. The normalized spacial score (nSPS) is 18.3. The maximum atomic E-state index is 2.48. The van der Waals surface area contributed by atoms with Crippen LogP contribution in [0.4, 0.5) is 0 Å². The van der Waals surface area contributed by atoms with Crippen molar-refractivity contribution in [2.24, 2.45) is 0 Å². The Morgan fingerprint density at radius 3 is 1.03 bits per heavy atom. The molecule has 0 spiro atoms. The van der Waals surface area contributed by atoms with E-state index in [4.69, 9.17) is 0 Å². The molecule has 0 bridgehead atoms. The highest BCUT2D eigenvalue weighted by Gasteiger charge is 2.34. The first kappa shape index (κ1) is 56.0. The third kappa shape index (κ3) is 18.3. The van der Waals surface area contributed by atoms with E-state index in [0.29, 0.717) is 0 Å². The van der Waals surface area contributed by atoms with Gasteiger partial charge in [0.25, 0.3) is 0 Å². The van der Waals surface area contributed by atoms with E-state index in [-0.39, 0.29) is 0 Å². The molecule has 0 amide bonds. The van der Waals surface area contributed by atoms with Gasteiger partial charge in [-0.3, -0.25) is 0 Å². The number of thioether (sulfide) groups is 16. The molecule has 358 valence electrons. The van der Waals surface area contributed by atoms with Crippen LogP contribution in [-0.2, 0) is 0 Å². The molecule has 16 heteroatoms. The Bertz CT molecular complexity index is 2020. The average Bonchev–Trinajstić information content (AvgIpc) is 4.19. The minimum Gasteiger partial charge on any atom is -0.117 e. The van der Waals surface area contributed by atoms with Crippen LogP contribution in [0.5, 0.6) is 0 Å². The van der Waals surface area contributed by atoms with Crippen LogP contribution in [0.2, 0.25) is 0 Å². The van der Waals surface area contributed by atoms with Crippen LogP contribution in [0.3, 0.4) is 0 Å². The number of hydrogen-bond acceptors (Lipinski definition) is 16. The monoisotopic (exact) mass is 1170 g/mol. The van der Waals surface area contributed by atoms with Gasteiger partial charge in [-0.2, -0.15) is 0 Å². The van der Waals surface area contributed by atoms with E-state index in [1.54, 1.807) is 16.9 Å². The molecule has 6 aliphatic heterocycles. The van der Waals surface area contributed by atoms with Crippen LogP contribution < -0.4 is 0 Å². The molecule has 1 aromatic rings. The van der Waals surface area contributed by atoms with Crippen LogP contribution in [0.25, 0.3) is 5.57 Å². The largest absolute Gasteiger partial charge is 0.117 e. The van der Waals surface area contributed by atoms with E-state index in [1.807, 2.05) is 141 Å². The number of hydrogen-bond donors (Lipinski definition) is 0. The van der Waals surface area contributed by atoms with Crippen molar-refractivity contribution in [3.8, 4) is 0 Å². The van der Waals surface area contributed by atoms with Gasteiger partial charge in [0.15, 0.2) is 0 Å². The molecule has 0 unspecified atom stereocenters. The van der Waals surface area contributed by atoms with Crippen LogP contribution in [0.15, 0.2) is 120 Å². The molecule has 0 aromatic heterocycles. The SMILES string of the molecule is CCCCCCSC1=C(SCCCCCC)SC(=CC=C2SC3=C(S2)SC(=CC(=C2SC4=C(SC(=CC=C5SC(SCCCCCC)=C(SCCCCCC)S5)S4)S2)c2ccccc2)S3)S1. The summed E-state index contributed by atoms with van der Waals surface area (Å²) in [5, 5.41) is 0. The van der Waals surface area contributed by atoms with Crippen molar-refractivity contribution in [2.75, 3.05) is 23.0 Å². The highest BCUT2D eigenvalue weighted by Crippen LogP contribution is 2.70. The van der Waals surface area contributed by atoms with Gasteiger partial charge >= 0.3 is 0 Å². The molecule has 1 aromatic carbocycles. The van der Waals surface area contributed by atoms with Gasteiger partial charge in [-0.15, -0.1) is 47.0 Å². The number of allylic oxidation sites excluding steroid dienone is 6. The molecule has 0 atom stereocenters. The molecule has 0 nitrogen and oxygen atoms in total. The van der Waals surface area contributed by atoms with Crippen molar-refractivity contribution in [2.45, 2.75) is 130 Å². The molecule has 0 N–H and O–H groups in total. The van der Waals surface area contributed by atoms with Crippen LogP contribution >= 0.6 is 188 Å². The number of benzene rings is 1. The Morgan fingerprint density at radius 2 is 0.682 bits per heavy atom. The second kappa shape index (κ2) is 31.8. The highest BCUT2D eigenvalue weighted by molar-refractivity contribution is 8.49. The van der Waals surface area contributed by atoms with Crippen molar-refractivity contribution in [1.29, 1.82) is 0 Å². The zero-order valence-corrected chi connectivity index (χ0v) is 51.5. The Labute approximate surface area is 467 Å². The minimum atomic E-state index is 1.24. The van der Waals surface area contributed by atoms with Gasteiger partial charge in [0, 0.05) is 5.57 Å². The molecular formula is C50H62S16. The summed E-state index contributed by atoms with van der Waals surface area (Å²) in [6.07, 6.45) is 33.4. The molecule has 6 aliphatic rings. The van der Waals surface area contributed by atoms with Crippen molar-refractivity contribution in [1.82, 2.24) is 0 Å². The van der Waals surface area contributed by atoms with E-state index >= 15 is 0 Å². The number of rotatable bonds is 28. The number of unbranched alkanes of at least 4 members (excludes halogenated alkanes) is 12. The lowest BCUT2D eigenvalue weighted by Gasteiger charge is -2.10. The highest BCUT2D eigenvalue weighted by atomic mass is 32.3. The summed E-state index contributed by atoms with van der Waals surface area (Å²) in [5.41, 5.74) is 2.65. The lowest BCUT2D eigenvalue weighted by molar-refractivity contribution is 0.707. The van der Waals surface area contributed by atoms with Crippen molar-refractivity contribution >= 4 is 194 Å². The van der Waals surface area contributed by atoms with E-state index in [0.717, 1.165) is 0 Å². The molecule has 0 fully saturated rings. The van der Waals surface area contributed by atoms with Gasteiger partial charge < -0.3 is 0 Å². The van der Waals surface area contributed by atoms with Gasteiger partial charge in [0.05, 0.1) is 59.3 Å². The molecule has 0 radical (unpaired) electrons. The average molecular weight is 1180 g/mol. The Morgan fingerprint density at radius 1 is 0.364 bits per heavy atom. The first-order valence-corrected chi connectivity index (χ1v) is 37.2. The zero-order chi connectivity index (χ0) is 45.8. The van der Waals surface area contributed by atoms with E-state index in [9.17, 15) is 0 Å². The van der Waals surface area contributed by atoms with Gasteiger partial charge in [-0.1, -0.05) is 276 Å². The third-order valence-corrected chi connectivity index (χ3v) is 32.3. The molecule has 0 saturated carbocycles. The van der Waals surface area contributed by atoms with Gasteiger partial charge in [-0.25, -0.2) is 0 Å². The molecule has 7 rings (SSSR count). The molecule has 0 saturated heterocycles. The molecule has 6 heterocycles. The maximum absolute atomic E-state index is 2.48. The fourth-order valence-corrected chi connectivity index (χ4v) is 30.5. The van der Waals surface area contributed by atoms with Crippen molar-refractivity contribution < 1.29 is 0 Å². The topological polar surface area (TPSA) is 0 Å². The Balaban J connectivity index is 0.932. The zero-order valence-electron chi connectivity index (χ0n) is 38.4. The molecule has 0 aliphatic carbocycles. The van der Waals surface area contributed by atoms with Gasteiger partial charge in [-0.05, 0) is 84.6 Å². The van der Waals surface area contributed by atoms with Crippen LogP contribution in [-0.4, -0.2) is 23.0 Å². The second-order valence-electron chi connectivity index (χ2n) is 15.6. The summed E-state index contributed by atoms with van der Waals surface area (Å²) >= 11 is 32.2. The lowest BCUT2D eigenvalue weighted by Crippen LogP contribution is -1.84. The fourth-order valence-electron chi connectivity index (χ4n) is 6.63. The summed E-state index contributed by atoms with van der Waals surface area (Å²) in [6, 6.07) is 11.1. The van der Waals surface area contributed by atoms with Crippen molar-refractivity contribution in [3.63, 3.8) is 0 Å². The van der Waals surface area contributed by atoms with E-state index < -0.39 is 0 Å². The summed E-state index contributed by atoms with van der Waals surface area (Å²) in [4.78, 5) is 0. The van der Waals surface area contributed by atoms with Gasteiger partial charge in [0.1, 0.15) is 0 Å². The van der Waals surface area contributed by atoms with Crippen LogP contribution in [0.1, 0.15) is 136 Å². The predicted octanol–water partition coefficient (Wildman–Crippen LogP) is 24.2. The summed E-state index contributed by atoms with van der Waals surface area (Å²) in [5.74, 6) is 4.97. The van der Waals surface area contributed by atoms with Crippen LogP contribution in [0, 0.1) is 0 Å². The quantitative estimate of drug-likeness (QED) is 0.0731. The summed E-state index contributed by atoms with van der Waals surface area (Å²) < 4.78 is 20.4. The third-order valence-electron chi connectivity index (χ3n) is 10.2. The smallest absolute Gasteiger partial charge is 0.0717 e. The lowest BCUT2D eigenvalue weighted by atomic mass is 10.1. The van der Waals surface area contributed by atoms with E-state index in [2.05, 4.69) is 135 Å². The maximum Gasteiger partial charge on any atom is 0.0717 e. The minimum absolute atomic E-state index is 1.24. The van der Waals surface area contributed by atoms with Crippen molar-refractivity contribution in [3.05, 3.63) is 126 Å². The van der Waals surface area contributed by atoms with E-state index in [1.165, 1.54) is 179 Å². The predicted molar refractivity (Wildman–Crippen MR) is 339 cm³/mol. The standard InChI is InChI=1S/C50H62S16/c1-5-9-13-20-30-51-43-44(52-31-21-14-10-6-2)56-37(55-43)26-28-39-59-47-48(60-39)64-41(63-47)34-36(35-24-18-17-19-25-35)42-65-49-50(66-42)62-40(61-49)29-27-38-57-45(53-32-22-15-11-7-3)46(58-38)54-33-23-16-12-8-4/h17-19,24-29,34H,5-16,20-23,30-33H2,1-4H3. The Kier molecular flexibility index (Phi) is 27.0. The van der Waals surface area contributed by atoms with Gasteiger partial charge in [0.2, 0.25) is 0 Å². The first-order chi connectivity index (χ1) is 32.5. The second-order valence-corrected chi connectivity index (χ2v) is 36.2. The summed E-state index contributed by atoms with van der Waals surface area (Å²) in [6.45, 7) is 9.22. The molecular weight excluding hydrogens is 1110 g/mol.